The number of rotatable bonds is 10. The molecule has 1 rings (SSSR count). The van der Waals surface area contributed by atoms with Crippen LogP contribution in [0.1, 0.15) is 29.0 Å². The monoisotopic (exact) mass is 287 g/mol. The summed E-state index contributed by atoms with van der Waals surface area (Å²) in [5.74, 6) is 0.494. The summed E-state index contributed by atoms with van der Waals surface area (Å²) < 4.78 is 0. The van der Waals surface area contributed by atoms with Crippen molar-refractivity contribution >= 4 is 29.1 Å². The average molecular weight is 287 g/mol. The third-order valence-corrected chi connectivity index (χ3v) is 4.33. The third-order valence-electron chi connectivity index (χ3n) is 2.54. The van der Waals surface area contributed by atoms with Crippen LogP contribution in [0.15, 0.2) is 12.1 Å². The van der Waals surface area contributed by atoms with Gasteiger partial charge in [-0.05, 0) is 43.5 Å². The predicted octanol–water partition coefficient (Wildman–Crippen LogP) is 3.00. The maximum atomic E-state index is 10.6. The molecule has 1 aromatic heterocycles. The molecule has 0 fully saturated rings. The highest BCUT2D eigenvalue weighted by Crippen LogP contribution is 2.16. The molecule has 5 heteroatoms. The number of thiophene rings is 1. The summed E-state index contributed by atoms with van der Waals surface area (Å²) in [6, 6.07) is 3.93. The van der Waals surface area contributed by atoms with Crippen molar-refractivity contribution in [3.8, 4) is 0 Å². The number of nitrogens with one attached hydrogen (secondary N) is 1. The minimum atomic E-state index is -0.759. The van der Waals surface area contributed by atoms with Gasteiger partial charge in [-0.25, -0.2) is 0 Å². The molecule has 2 N–H and O–H groups in total. The molecule has 0 saturated heterocycles. The molecule has 18 heavy (non-hydrogen) atoms. The van der Waals surface area contributed by atoms with Crippen LogP contribution in [0.5, 0.6) is 0 Å². The van der Waals surface area contributed by atoms with E-state index in [4.69, 9.17) is 5.11 Å². The maximum absolute atomic E-state index is 10.6. The molecule has 1 heterocycles. The van der Waals surface area contributed by atoms with E-state index in [1.165, 1.54) is 29.9 Å². The molecule has 3 nitrogen and oxygen atoms in total. The van der Waals surface area contributed by atoms with Gasteiger partial charge < -0.3 is 10.4 Å². The van der Waals surface area contributed by atoms with Gasteiger partial charge in [-0.1, -0.05) is 6.42 Å². The number of unbranched alkanes of at least 4 members (excludes halogenated alkanes) is 2. The summed E-state index contributed by atoms with van der Waals surface area (Å²) in [6.07, 6.45) is 6.07. The van der Waals surface area contributed by atoms with Gasteiger partial charge in [-0.2, -0.15) is 11.8 Å². The summed E-state index contributed by atoms with van der Waals surface area (Å²) in [5.41, 5.74) is 0. The summed E-state index contributed by atoms with van der Waals surface area (Å²) in [6.45, 7) is 1.90. The molecule has 0 aliphatic rings. The SMILES string of the molecule is CSCCCCCNCc1ccc(CC(=O)O)s1. The summed E-state index contributed by atoms with van der Waals surface area (Å²) >= 11 is 3.49. The summed E-state index contributed by atoms with van der Waals surface area (Å²) in [4.78, 5) is 12.7. The van der Waals surface area contributed by atoms with Gasteiger partial charge in [0.1, 0.15) is 0 Å². The Bertz CT molecular complexity index is 353. The van der Waals surface area contributed by atoms with Crippen molar-refractivity contribution < 1.29 is 9.90 Å². The van der Waals surface area contributed by atoms with Crippen molar-refractivity contribution in [2.45, 2.75) is 32.2 Å². The molecule has 0 radical (unpaired) electrons. The molecular weight excluding hydrogens is 266 g/mol. The van der Waals surface area contributed by atoms with E-state index in [-0.39, 0.29) is 6.42 Å². The Kier molecular flexibility index (Phi) is 8.13. The van der Waals surface area contributed by atoms with Crippen LogP contribution in [-0.4, -0.2) is 29.6 Å². The molecular formula is C13H21NO2S2. The second-order valence-corrected chi connectivity index (χ2v) is 6.41. The van der Waals surface area contributed by atoms with Crippen LogP contribution in [0, 0.1) is 0 Å². The second-order valence-electron chi connectivity index (χ2n) is 4.17. The number of hydrogen-bond acceptors (Lipinski definition) is 4. The lowest BCUT2D eigenvalue weighted by molar-refractivity contribution is -0.136. The van der Waals surface area contributed by atoms with Gasteiger partial charge in [-0.3, -0.25) is 4.79 Å². The molecule has 0 aliphatic carbocycles. The predicted molar refractivity (Wildman–Crippen MR) is 79.6 cm³/mol. The summed E-state index contributed by atoms with van der Waals surface area (Å²) in [7, 11) is 0. The first-order valence-electron chi connectivity index (χ1n) is 6.21. The zero-order valence-electron chi connectivity index (χ0n) is 10.8. The number of carboxylic acids is 1. The Hall–Kier alpha value is -0.520. The second kappa shape index (κ2) is 9.42. The first-order valence-corrected chi connectivity index (χ1v) is 8.42. The maximum Gasteiger partial charge on any atom is 0.308 e. The average Bonchev–Trinajstić information content (AvgIpc) is 2.75. The van der Waals surface area contributed by atoms with E-state index in [1.54, 1.807) is 11.3 Å². The number of carboxylic acid groups (broad SMARTS) is 1. The van der Waals surface area contributed by atoms with Crippen LogP contribution in [-0.2, 0) is 17.8 Å². The minimum absolute atomic E-state index is 0.138. The number of thioether (sulfide) groups is 1. The highest BCUT2D eigenvalue weighted by atomic mass is 32.2. The minimum Gasteiger partial charge on any atom is -0.481 e. The molecule has 1 aromatic rings. The highest BCUT2D eigenvalue weighted by Gasteiger charge is 2.04. The number of aliphatic carboxylic acids is 1. The van der Waals surface area contributed by atoms with Crippen molar-refractivity contribution in [1.29, 1.82) is 0 Å². The Balaban J connectivity index is 2.08. The Labute approximate surface area is 117 Å². The smallest absolute Gasteiger partial charge is 0.308 e. The van der Waals surface area contributed by atoms with E-state index in [1.807, 2.05) is 23.9 Å². The Morgan fingerprint density at radius 3 is 2.83 bits per heavy atom. The quantitative estimate of drug-likeness (QED) is 0.650. The fourth-order valence-corrected chi connectivity index (χ4v) is 3.12. The van der Waals surface area contributed by atoms with Crippen molar-refractivity contribution in [2.75, 3.05) is 18.6 Å². The standard InChI is InChI=1S/C13H21NO2S2/c1-17-8-4-2-3-7-14-10-12-6-5-11(18-12)9-13(15)16/h5-6,14H,2-4,7-10H2,1H3,(H,15,16). The van der Waals surface area contributed by atoms with Crippen molar-refractivity contribution in [2.24, 2.45) is 0 Å². The van der Waals surface area contributed by atoms with E-state index in [9.17, 15) is 4.79 Å². The van der Waals surface area contributed by atoms with Gasteiger partial charge in [-0.15, -0.1) is 11.3 Å². The van der Waals surface area contributed by atoms with Gasteiger partial charge in [0.25, 0.3) is 0 Å². The first-order chi connectivity index (χ1) is 8.72. The van der Waals surface area contributed by atoms with Crippen molar-refractivity contribution in [3.63, 3.8) is 0 Å². The van der Waals surface area contributed by atoms with Crippen LogP contribution in [0.2, 0.25) is 0 Å². The normalized spacial score (nSPS) is 10.7. The lowest BCUT2D eigenvalue weighted by Crippen LogP contribution is -2.13. The van der Waals surface area contributed by atoms with Crippen LogP contribution in [0.3, 0.4) is 0 Å². The van der Waals surface area contributed by atoms with Crippen molar-refractivity contribution in [3.05, 3.63) is 21.9 Å². The molecule has 0 amide bonds. The van der Waals surface area contributed by atoms with E-state index in [2.05, 4.69) is 11.6 Å². The molecule has 0 atom stereocenters. The van der Waals surface area contributed by atoms with E-state index >= 15 is 0 Å². The van der Waals surface area contributed by atoms with E-state index in [0.717, 1.165) is 18.0 Å². The van der Waals surface area contributed by atoms with E-state index < -0.39 is 5.97 Å². The van der Waals surface area contributed by atoms with Crippen LogP contribution < -0.4 is 5.32 Å². The van der Waals surface area contributed by atoms with Gasteiger partial charge in [0.15, 0.2) is 0 Å². The lowest BCUT2D eigenvalue weighted by atomic mass is 10.2. The lowest BCUT2D eigenvalue weighted by Gasteiger charge is -2.02. The molecule has 102 valence electrons. The highest BCUT2D eigenvalue weighted by molar-refractivity contribution is 7.98. The van der Waals surface area contributed by atoms with Crippen LogP contribution in [0.4, 0.5) is 0 Å². The van der Waals surface area contributed by atoms with Gasteiger partial charge >= 0.3 is 5.97 Å². The molecule has 0 unspecified atom stereocenters. The molecule has 0 saturated carbocycles. The number of hydrogen-bond donors (Lipinski definition) is 2. The van der Waals surface area contributed by atoms with Gasteiger partial charge in [0, 0.05) is 16.3 Å². The Morgan fingerprint density at radius 2 is 2.11 bits per heavy atom. The molecule has 0 aromatic carbocycles. The topological polar surface area (TPSA) is 49.3 Å². The Morgan fingerprint density at radius 1 is 1.33 bits per heavy atom. The van der Waals surface area contributed by atoms with Gasteiger partial charge in [0.2, 0.25) is 0 Å². The third kappa shape index (κ3) is 7.03. The largest absolute Gasteiger partial charge is 0.481 e. The first kappa shape index (κ1) is 15.5. The molecule has 0 aliphatic heterocycles. The van der Waals surface area contributed by atoms with Gasteiger partial charge in [0.05, 0.1) is 6.42 Å². The van der Waals surface area contributed by atoms with Crippen LogP contribution >= 0.6 is 23.1 Å². The zero-order chi connectivity index (χ0) is 13.2. The fourth-order valence-electron chi connectivity index (χ4n) is 1.65. The fraction of sp³-hybridized carbons (Fsp3) is 0.615. The number of carbonyl (C=O) groups is 1. The summed E-state index contributed by atoms with van der Waals surface area (Å²) in [5, 5.41) is 12.1. The molecule has 0 spiro atoms. The molecule has 0 bridgehead atoms. The van der Waals surface area contributed by atoms with Crippen molar-refractivity contribution in [1.82, 2.24) is 5.32 Å². The zero-order valence-corrected chi connectivity index (χ0v) is 12.4. The van der Waals surface area contributed by atoms with E-state index in [0.29, 0.717) is 0 Å². The van der Waals surface area contributed by atoms with Crippen LogP contribution in [0.25, 0.3) is 0 Å².